The predicted molar refractivity (Wildman–Crippen MR) is 103 cm³/mol. The Kier molecular flexibility index (Phi) is 6.01. The molecule has 0 spiro atoms. The number of nitrogens with zero attached hydrogens (tertiary/aromatic N) is 5. The molecular formula is C20H26N6O. The SMILES string of the molecule is Cc1nn(C)c(C)c1CCC(=O)N[C@H](CCn1cncn1)c1ccccc1. The highest BCUT2D eigenvalue weighted by Gasteiger charge is 2.16. The first-order chi connectivity index (χ1) is 13.0. The molecule has 2 heterocycles. The summed E-state index contributed by atoms with van der Waals surface area (Å²) in [6.07, 6.45) is 5.11. The number of hydrogen-bond donors (Lipinski definition) is 1. The normalized spacial score (nSPS) is 12.1. The molecule has 1 atom stereocenters. The number of carbonyl (C=O) groups excluding carboxylic acids is 1. The standard InChI is InChI=1S/C20H26N6O/c1-15-18(16(2)25(3)24-15)9-10-20(27)23-19(17-7-5-4-6-8-17)11-12-26-14-21-13-22-26/h4-8,13-14,19H,9-12H2,1-3H3,(H,23,27)/t19-/m1/s1. The highest BCUT2D eigenvalue weighted by molar-refractivity contribution is 5.76. The summed E-state index contributed by atoms with van der Waals surface area (Å²) in [6, 6.07) is 9.99. The minimum Gasteiger partial charge on any atom is -0.349 e. The van der Waals surface area contributed by atoms with Crippen molar-refractivity contribution in [2.75, 3.05) is 0 Å². The Balaban J connectivity index is 1.63. The van der Waals surface area contributed by atoms with E-state index in [-0.39, 0.29) is 11.9 Å². The van der Waals surface area contributed by atoms with Crippen molar-refractivity contribution < 1.29 is 4.79 Å². The van der Waals surface area contributed by atoms with Gasteiger partial charge in [0.05, 0.1) is 11.7 Å². The number of nitrogens with one attached hydrogen (secondary N) is 1. The molecule has 3 aromatic rings. The van der Waals surface area contributed by atoms with E-state index < -0.39 is 0 Å². The first-order valence-corrected chi connectivity index (χ1v) is 9.20. The van der Waals surface area contributed by atoms with E-state index in [1.165, 1.54) is 6.33 Å². The molecule has 27 heavy (non-hydrogen) atoms. The zero-order valence-electron chi connectivity index (χ0n) is 16.1. The highest BCUT2D eigenvalue weighted by atomic mass is 16.1. The fourth-order valence-corrected chi connectivity index (χ4v) is 3.30. The van der Waals surface area contributed by atoms with Crippen molar-refractivity contribution >= 4 is 5.91 Å². The topological polar surface area (TPSA) is 77.6 Å². The molecule has 7 heteroatoms. The number of aryl methyl sites for hydroxylation is 3. The van der Waals surface area contributed by atoms with E-state index in [1.54, 1.807) is 11.0 Å². The molecule has 1 amide bonds. The molecule has 0 fully saturated rings. The van der Waals surface area contributed by atoms with Crippen LogP contribution in [0.15, 0.2) is 43.0 Å². The minimum absolute atomic E-state index is 0.0464. The van der Waals surface area contributed by atoms with Crippen LogP contribution in [0.4, 0.5) is 0 Å². The molecule has 0 radical (unpaired) electrons. The summed E-state index contributed by atoms with van der Waals surface area (Å²) in [5.41, 5.74) is 4.37. The summed E-state index contributed by atoms with van der Waals surface area (Å²) in [5.74, 6) is 0.0464. The van der Waals surface area contributed by atoms with E-state index in [0.29, 0.717) is 19.4 Å². The van der Waals surface area contributed by atoms with Gasteiger partial charge in [0.2, 0.25) is 5.91 Å². The monoisotopic (exact) mass is 366 g/mol. The van der Waals surface area contributed by atoms with Crippen LogP contribution >= 0.6 is 0 Å². The first kappa shape index (κ1) is 18.8. The number of amides is 1. The molecule has 0 saturated heterocycles. The second-order valence-electron chi connectivity index (χ2n) is 6.75. The van der Waals surface area contributed by atoms with Gasteiger partial charge in [-0.1, -0.05) is 30.3 Å². The van der Waals surface area contributed by atoms with Gasteiger partial charge in [-0.05, 0) is 37.8 Å². The van der Waals surface area contributed by atoms with Crippen LogP contribution in [0.3, 0.4) is 0 Å². The van der Waals surface area contributed by atoms with Gasteiger partial charge in [0.1, 0.15) is 12.7 Å². The molecule has 0 bridgehead atoms. The molecule has 0 aliphatic heterocycles. The Hall–Kier alpha value is -2.96. The highest BCUT2D eigenvalue weighted by Crippen LogP contribution is 2.19. The third-order valence-electron chi connectivity index (χ3n) is 4.91. The Morgan fingerprint density at radius 3 is 2.63 bits per heavy atom. The van der Waals surface area contributed by atoms with Gasteiger partial charge in [0, 0.05) is 25.7 Å². The molecule has 0 unspecified atom stereocenters. The van der Waals surface area contributed by atoms with E-state index in [4.69, 9.17) is 0 Å². The van der Waals surface area contributed by atoms with Gasteiger partial charge in [-0.25, -0.2) is 4.98 Å². The summed E-state index contributed by atoms with van der Waals surface area (Å²) in [5, 5.41) is 11.8. The lowest BCUT2D eigenvalue weighted by atomic mass is 10.0. The Labute approximate surface area is 159 Å². The average Bonchev–Trinajstić information content (AvgIpc) is 3.26. The van der Waals surface area contributed by atoms with Gasteiger partial charge in [-0.2, -0.15) is 10.2 Å². The second kappa shape index (κ2) is 8.62. The second-order valence-corrected chi connectivity index (χ2v) is 6.75. The fraction of sp³-hybridized carbons (Fsp3) is 0.400. The third-order valence-corrected chi connectivity index (χ3v) is 4.91. The van der Waals surface area contributed by atoms with Crippen LogP contribution in [-0.4, -0.2) is 30.5 Å². The fourth-order valence-electron chi connectivity index (χ4n) is 3.30. The van der Waals surface area contributed by atoms with Crippen LogP contribution < -0.4 is 5.32 Å². The van der Waals surface area contributed by atoms with Gasteiger partial charge >= 0.3 is 0 Å². The smallest absolute Gasteiger partial charge is 0.220 e. The number of hydrogen-bond acceptors (Lipinski definition) is 4. The van der Waals surface area contributed by atoms with Crippen molar-refractivity contribution in [3.05, 3.63) is 65.5 Å². The zero-order valence-corrected chi connectivity index (χ0v) is 16.1. The quantitative estimate of drug-likeness (QED) is 0.664. The summed E-state index contributed by atoms with van der Waals surface area (Å²) in [7, 11) is 1.93. The molecule has 142 valence electrons. The summed E-state index contributed by atoms with van der Waals surface area (Å²) in [6.45, 7) is 4.73. The van der Waals surface area contributed by atoms with E-state index >= 15 is 0 Å². The van der Waals surface area contributed by atoms with Crippen molar-refractivity contribution in [1.29, 1.82) is 0 Å². The van der Waals surface area contributed by atoms with Gasteiger partial charge < -0.3 is 5.32 Å². The van der Waals surface area contributed by atoms with Crippen LogP contribution in [0.5, 0.6) is 0 Å². The molecule has 2 aromatic heterocycles. The molecule has 1 N–H and O–H groups in total. The zero-order chi connectivity index (χ0) is 19.2. The van der Waals surface area contributed by atoms with Crippen LogP contribution in [0.25, 0.3) is 0 Å². The van der Waals surface area contributed by atoms with Crippen molar-refractivity contribution in [1.82, 2.24) is 29.9 Å². The summed E-state index contributed by atoms with van der Waals surface area (Å²) < 4.78 is 3.65. The number of carbonyl (C=O) groups is 1. The molecule has 0 aliphatic rings. The molecule has 0 aliphatic carbocycles. The van der Waals surface area contributed by atoms with Gasteiger partial charge in [0.25, 0.3) is 0 Å². The largest absolute Gasteiger partial charge is 0.349 e. The van der Waals surface area contributed by atoms with E-state index in [9.17, 15) is 4.79 Å². The minimum atomic E-state index is -0.0565. The third kappa shape index (κ3) is 4.81. The van der Waals surface area contributed by atoms with E-state index in [1.807, 2.05) is 55.9 Å². The van der Waals surface area contributed by atoms with E-state index in [0.717, 1.165) is 28.9 Å². The molecule has 3 rings (SSSR count). The van der Waals surface area contributed by atoms with Crippen molar-refractivity contribution in [3.63, 3.8) is 0 Å². The van der Waals surface area contributed by atoms with Crippen LogP contribution in [0, 0.1) is 13.8 Å². The van der Waals surface area contributed by atoms with Gasteiger partial charge in [0.15, 0.2) is 0 Å². The van der Waals surface area contributed by atoms with Crippen LogP contribution in [0.1, 0.15) is 41.4 Å². The Bertz CT molecular complexity index is 870. The van der Waals surface area contributed by atoms with E-state index in [2.05, 4.69) is 20.5 Å². The Morgan fingerprint density at radius 1 is 1.22 bits per heavy atom. The number of benzene rings is 1. The number of aromatic nitrogens is 5. The van der Waals surface area contributed by atoms with Crippen molar-refractivity contribution in [2.45, 2.75) is 45.7 Å². The van der Waals surface area contributed by atoms with Crippen LogP contribution in [-0.2, 0) is 24.8 Å². The molecular weight excluding hydrogens is 340 g/mol. The first-order valence-electron chi connectivity index (χ1n) is 9.20. The van der Waals surface area contributed by atoms with Crippen molar-refractivity contribution in [2.24, 2.45) is 7.05 Å². The summed E-state index contributed by atoms with van der Waals surface area (Å²) in [4.78, 5) is 16.6. The van der Waals surface area contributed by atoms with Crippen molar-refractivity contribution in [3.8, 4) is 0 Å². The average molecular weight is 366 g/mol. The molecule has 7 nitrogen and oxygen atoms in total. The lowest BCUT2D eigenvalue weighted by Gasteiger charge is -2.19. The predicted octanol–water partition coefficient (Wildman–Crippen LogP) is 2.51. The summed E-state index contributed by atoms with van der Waals surface area (Å²) >= 11 is 0. The maximum atomic E-state index is 12.6. The maximum absolute atomic E-state index is 12.6. The maximum Gasteiger partial charge on any atom is 0.220 e. The van der Waals surface area contributed by atoms with Crippen LogP contribution in [0.2, 0.25) is 0 Å². The van der Waals surface area contributed by atoms with Gasteiger partial charge in [-0.3, -0.25) is 14.2 Å². The lowest BCUT2D eigenvalue weighted by Crippen LogP contribution is -2.29. The molecule has 0 saturated carbocycles. The Morgan fingerprint density at radius 2 is 2.00 bits per heavy atom. The lowest BCUT2D eigenvalue weighted by molar-refractivity contribution is -0.121. The molecule has 1 aromatic carbocycles. The van der Waals surface area contributed by atoms with Gasteiger partial charge in [-0.15, -0.1) is 0 Å². The number of rotatable bonds is 8.